The highest BCUT2D eigenvalue weighted by Gasteiger charge is 2.35. The molecule has 0 amide bonds. The van der Waals surface area contributed by atoms with Crippen molar-refractivity contribution in [3.05, 3.63) is 34.9 Å². The van der Waals surface area contributed by atoms with Crippen molar-refractivity contribution in [2.24, 2.45) is 0 Å². The van der Waals surface area contributed by atoms with Gasteiger partial charge in [-0.3, -0.25) is 0 Å². The van der Waals surface area contributed by atoms with E-state index in [4.69, 9.17) is 4.74 Å². The fourth-order valence-electron chi connectivity index (χ4n) is 2.30. The molecule has 0 spiro atoms. The first-order valence-corrected chi connectivity index (χ1v) is 5.12. The van der Waals surface area contributed by atoms with Crippen molar-refractivity contribution >= 4 is 0 Å². The molecule has 0 N–H and O–H groups in total. The Balaban J connectivity index is 1.96. The summed E-state index contributed by atoms with van der Waals surface area (Å²) in [5.74, 6) is 0. The molecule has 1 aliphatic carbocycles. The van der Waals surface area contributed by atoms with Gasteiger partial charge >= 0.3 is 0 Å². The molecule has 1 heteroatoms. The molecule has 3 rings (SSSR count). The first-order chi connectivity index (χ1) is 6.34. The Morgan fingerprint density at radius 1 is 1.23 bits per heavy atom. The summed E-state index contributed by atoms with van der Waals surface area (Å²) in [7, 11) is 0. The summed E-state index contributed by atoms with van der Waals surface area (Å²) < 4.78 is 5.46. The van der Waals surface area contributed by atoms with Crippen LogP contribution >= 0.6 is 0 Å². The Kier molecular flexibility index (Phi) is 1.50. The van der Waals surface area contributed by atoms with Crippen LogP contribution in [-0.2, 0) is 17.6 Å². The molecule has 1 aromatic carbocycles. The Labute approximate surface area is 78.7 Å². The van der Waals surface area contributed by atoms with Crippen LogP contribution in [0.25, 0.3) is 0 Å². The maximum Gasteiger partial charge on any atom is 0.109 e. The van der Waals surface area contributed by atoms with E-state index in [0.717, 1.165) is 0 Å². The van der Waals surface area contributed by atoms with Crippen LogP contribution in [0.5, 0.6) is 0 Å². The fraction of sp³-hybridized carbons (Fsp3) is 0.500. The van der Waals surface area contributed by atoms with Crippen molar-refractivity contribution in [1.82, 2.24) is 0 Å². The van der Waals surface area contributed by atoms with Crippen LogP contribution in [0.2, 0.25) is 0 Å². The minimum atomic E-state index is 0.394. The number of epoxide rings is 1. The average Bonchev–Trinajstić information content (AvgIpc) is 2.70. The number of ether oxygens (including phenoxy) is 1. The molecular weight excluding hydrogens is 160 g/mol. The summed E-state index contributed by atoms with van der Waals surface area (Å²) in [4.78, 5) is 0. The maximum atomic E-state index is 5.46. The molecule has 1 fully saturated rings. The number of fused-ring (bicyclic) bond motifs is 1. The molecule has 0 radical (unpaired) electrons. The van der Waals surface area contributed by atoms with E-state index in [0.29, 0.717) is 12.2 Å². The van der Waals surface area contributed by atoms with Crippen LogP contribution < -0.4 is 0 Å². The summed E-state index contributed by atoms with van der Waals surface area (Å²) in [6.07, 6.45) is 4.71. The lowest BCUT2D eigenvalue weighted by atomic mass is 10.0. The SMILES string of the molecule is CC1OC1c1ccc2c(c1)CCC2. The number of rotatable bonds is 1. The van der Waals surface area contributed by atoms with Gasteiger partial charge in [0.1, 0.15) is 6.10 Å². The van der Waals surface area contributed by atoms with Gasteiger partial charge in [0.15, 0.2) is 0 Å². The van der Waals surface area contributed by atoms with E-state index >= 15 is 0 Å². The molecule has 1 aromatic rings. The van der Waals surface area contributed by atoms with Gasteiger partial charge in [-0.1, -0.05) is 18.2 Å². The molecular formula is C12H14O. The third kappa shape index (κ3) is 1.19. The van der Waals surface area contributed by atoms with Gasteiger partial charge in [-0.05, 0) is 42.9 Å². The van der Waals surface area contributed by atoms with Gasteiger partial charge in [0.25, 0.3) is 0 Å². The Bertz CT molecular complexity index is 343. The highest BCUT2D eigenvalue weighted by molar-refractivity contribution is 5.37. The number of benzene rings is 1. The predicted octanol–water partition coefficient (Wildman–Crippen LogP) is 2.64. The van der Waals surface area contributed by atoms with E-state index in [9.17, 15) is 0 Å². The molecule has 2 atom stereocenters. The zero-order valence-electron chi connectivity index (χ0n) is 7.92. The van der Waals surface area contributed by atoms with Crippen molar-refractivity contribution in [2.75, 3.05) is 0 Å². The monoisotopic (exact) mass is 174 g/mol. The van der Waals surface area contributed by atoms with E-state index < -0.39 is 0 Å². The van der Waals surface area contributed by atoms with Gasteiger partial charge in [-0.2, -0.15) is 0 Å². The Hall–Kier alpha value is -0.820. The van der Waals surface area contributed by atoms with Crippen LogP contribution in [-0.4, -0.2) is 6.10 Å². The largest absolute Gasteiger partial charge is 0.365 e. The van der Waals surface area contributed by atoms with Gasteiger partial charge in [0, 0.05) is 0 Å². The van der Waals surface area contributed by atoms with Gasteiger partial charge < -0.3 is 4.74 Å². The van der Waals surface area contributed by atoms with E-state index in [2.05, 4.69) is 25.1 Å². The van der Waals surface area contributed by atoms with Crippen LogP contribution in [0.3, 0.4) is 0 Å². The summed E-state index contributed by atoms with van der Waals surface area (Å²) in [6, 6.07) is 6.86. The first kappa shape index (κ1) is 7.57. The highest BCUT2D eigenvalue weighted by atomic mass is 16.6. The smallest absolute Gasteiger partial charge is 0.109 e. The number of hydrogen-bond acceptors (Lipinski definition) is 1. The molecule has 13 heavy (non-hydrogen) atoms. The molecule has 68 valence electrons. The lowest BCUT2D eigenvalue weighted by Gasteiger charge is -2.01. The second-order valence-electron chi connectivity index (χ2n) is 4.14. The average molecular weight is 174 g/mol. The Morgan fingerprint density at radius 2 is 2.00 bits per heavy atom. The van der Waals surface area contributed by atoms with Crippen LogP contribution in [0, 0.1) is 0 Å². The van der Waals surface area contributed by atoms with Crippen LogP contribution in [0.1, 0.15) is 36.1 Å². The standard InChI is InChI=1S/C12H14O/c1-8-12(13-8)11-6-5-9-3-2-4-10(9)7-11/h5-8,12H,2-4H2,1H3. The molecule has 1 saturated heterocycles. The normalized spacial score (nSPS) is 30.2. The van der Waals surface area contributed by atoms with E-state index in [1.807, 2.05) is 0 Å². The minimum Gasteiger partial charge on any atom is -0.365 e. The lowest BCUT2D eigenvalue weighted by molar-refractivity contribution is 0.383. The molecule has 0 bridgehead atoms. The predicted molar refractivity (Wildman–Crippen MR) is 51.8 cm³/mol. The summed E-state index contributed by atoms with van der Waals surface area (Å²) in [6.45, 7) is 2.14. The van der Waals surface area contributed by atoms with Crippen LogP contribution in [0.4, 0.5) is 0 Å². The lowest BCUT2D eigenvalue weighted by Crippen LogP contribution is -1.88. The van der Waals surface area contributed by atoms with E-state index in [1.165, 1.54) is 24.8 Å². The zero-order chi connectivity index (χ0) is 8.84. The molecule has 2 aliphatic rings. The summed E-state index contributed by atoms with van der Waals surface area (Å²) in [5, 5.41) is 0. The fourth-order valence-corrected chi connectivity index (χ4v) is 2.30. The zero-order valence-corrected chi connectivity index (χ0v) is 7.92. The van der Waals surface area contributed by atoms with Gasteiger partial charge in [-0.15, -0.1) is 0 Å². The van der Waals surface area contributed by atoms with Gasteiger partial charge in [0.2, 0.25) is 0 Å². The van der Waals surface area contributed by atoms with Crippen LogP contribution in [0.15, 0.2) is 18.2 Å². The second kappa shape index (κ2) is 2.58. The third-order valence-electron chi connectivity index (χ3n) is 3.16. The van der Waals surface area contributed by atoms with Gasteiger partial charge in [-0.25, -0.2) is 0 Å². The molecule has 0 saturated carbocycles. The highest BCUT2D eigenvalue weighted by Crippen LogP contribution is 2.39. The van der Waals surface area contributed by atoms with E-state index in [-0.39, 0.29) is 0 Å². The van der Waals surface area contributed by atoms with Crippen molar-refractivity contribution in [3.8, 4) is 0 Å². The maximum absolute atomic E-state index is 5.46. The first-order valence-electron chi connectivity index (χ1n) is 5.12. The van der Waals surface area contributed by atoms with Crippen molar-refractivity contribution in [3.63, 3.8) is 0 Å². The number of hydrogen-bond donors (Lipinski definition) is 0. The van der Waals surface area contributed by atoms with Crippen molar-refractivity contribution < 1.29 is 4.74 Å². The minimum absolute atomic E-state index is 0.394. The molecule has 0 aromatic heterocycles. The van der Waals surface area contributed by atoms with Gasteiger partial charge in [0.05, 0.1) is 6.10 Å². The Morgan fingerprint density at radius 3 is 2.77 bits per heavy atom. The topological polar surface area (TPSA) is 12.5 Å². The molecule has 1 aliphatic heterocycles. The summed E-state index contributed by atoms with van der Waals surface area (Å²) in [5.41, 5.74) is 4.49. The number of aryl methyl sites for hydroxylation is 2. The molecule has 1 nitrogen and oxygen atoms in total. The third-order valence-corrected chi connectivity index (χ3v) is 3.16. The van der Waals surface area contributed by atoms with Crippen molar-refractivity contribution in [1.29, 1.82) is 0 Å². The molecule has 2 unspecified atom stereocenters. The molecule has 1 heterocycles. The summed E-state index contributed by atoms with van der Waals surface area (Å²) >= 11 is 0. The quantitative estimate of drug-likeness (QED) is 0.596. The second-order valence-corrected chi connectivity index (χ2v) is 4.14. The van der Waals surface area contributed by atoms with E-state index in [1.54, 1.807) is 11.1 Å². The van der Waals surface area contributed by atoms with Crippen molar-refractivity contribution in [2.45, 2.75) is 38.4 Å².